The summed E-state index contributed by atoms with van der Waals surface area (Å²) in [4.78, 5) is 25.4. The molecule has 2 aromatic carbocycles. The molecule has 0 spiro atoms. The monoisotopic (exact) mass is 416 g/mol. The van der Waals surface area contributed by atoms with Crippen molar-refractivity contribution in [3.8, 4) is 0 Å². The van der Waals surface area contributed by atoms with E-state index in [0.29, 0.717) is 12.4 Å². The smallest absolute Gasteiger partial charge is 0.307 e. The lowest BCUT2D eigenvalue weighted by molar-refractivity contribution is -0.144. The Hall–Kier alpha value is -1.72. The Labute approximate surface area is 176 Å². The van der Waals surface area contributed by atoms with Crippen LogP contribution in [0.2, 0.25) is 0 Å². The topological polar surface area (TPSA) is 43.4 Å². The van der Waals surface area contributed by atoms with Gasteiger partial charge in [-0.2, -0.15) is 0 Å². The van der Waals surface area contributed by atoms with Crippen LogP contribution < -0.4 is 0 Å². The number of hydrogen-bond donors (Lipinski definition) is 0. The summed E-state index contributed by atoms with van der Waals surface area (Å²) in [7, 11) is 0. The molecule has 0 bridgehead atoms. The second-order valence-corrected chi connectivity index (χ2v) is 9.73. The van der Waals surface area contributed by atoms with Gasteiger partial charge in [-0.25, -0.2) is 0 Å². The fourth-order valence-corrected chi connectivity index (χ4v) is 5.03. The Bertz CT molecular complexity index is 745. The molecule has 0 amide bonds. The minimum atomic E-state index is -0.587. The zero-order valence-electron chi connectivity index (χ0n) is 16.7. The summed E-state index contributed by atoms with van der Waals surface area (Å²) in [6, 6.07) is 20.1. The molecule has 0 radical (unpaired) electrons. The quantitative estimate of drug-likeness (QED) is 0.451. The summed E-state index contributed by atoms with van der Waals surface area (Å²) >= 11 is 3.14. The first-order valence-corrected chi connectivity index (χ1v) is 11.5. The molecule has 0 aliphatic rings. The third-order valence-electron chi connectivity index (χ3n) is 4.28. The maximum Gasteiger partial charge on any atom is 0.307 e. The number of hydrogen-bond acceptors (Lipinski definition) is 5. The average molecular weight is 417 g/mol. The predicted octanol–water partition coefficient (Wildman–Crippen LogP) is 5.52. The Morgan fingerprint density at radius 3 is 2.00 bits per heavy atom. The van der Waals surface area contributed by atoms with E-state index < -0.39 is 10.00 Å². The molecule has 2 aromatic rings. The number of carbonyl (C=O) groups is 2. The van der Waals surface area contributed by atoms with Crippen molar-refractivity contribution in [3.63, 3.8) is 0 Å². The molecule has 0 N–H and O–H groups in total. The fourth-order valence-electron chi connectivity index (χ4n) is 2.67. The van der Waals surface area contributed by atoms with Crippen LogP contribution in [0.1, 0.15) is 38.3 Å². The molecule has 2 rings (SSSR count). The number of esters is 1. The molecular formula is C23H28O3S2. The Morgan fingerprint density at radius 2 is 1.46 bits per heavy atom. The first-order chi connectivity index (χ1) is 13.4. The van der Waals surface area contributed by atoms with Crippen LogP contribution in [0.3, 0.4) is 0 Å². The number of ether oxygens (including phenoxy) is 1. The Morgan fingerprint density at radius 1 is 0.929 bits per heavy atom. The lowest BCUT2D eigenvalue weighted by atomic mass is 10.0. The SMILES string of the molecule is CCOC(=O)CC(SCc1ccccc1)C(=O)C(C)(C)SCc1ccccc1. The summed E-state index contributed by atoms with van der Waals surface area (Å²) in [6.45, 7) is 6.01. The zero-order valence-corrected chi connectivity index (χ0v) is 18.4. The van der Waals surface area contributed by atoms with Gasteiger partial charge in [-0.05, 0) is 31.9 Å². The van der Waals surface area contributed by atoms with E-state index >= 15 is 0 Å². The maximum atomic E-state index is 13.3. The van der Waals surface area contributed by atoms with Crippen molar-refractivity contribution in [2.45, 2.75) is 48.7 Å². The van der Waals surface area contributed by atoms with Crippen LogP contribution in [0.15, 0.2) is 60.7 Å². The maximum absolute atomic E-state index is 13.3. The van der Waals surface area contributed by atoms with E-state index in [-0.39, 0.29) is 18.2 Å². The van der Waals surface area contributed by atoms with Crippen LogP contribution in [-0.2, 0) is 25.8 Å². The lowest BCUT2D eigenvalue weighted by Crippen LogP contribution is -2.37. The van der Waals surface area contributed by atoms with Gasteiger partial charge in [0.05, 0.1) is 23.0 Å². The van der Waals surface area contributed by atoms with Crippen molar-refractivity contribution in [2.75, 3.05) is 6.61 Å². The summed E-state index contributed by atoms with van der Waals surface area (Å²) in [5, 5.41) is -0.419. The number of benzene rings is 2. The normalized spacial score (nSPS) is 12.4. The van der Waals surface area contributed by atoms with Gasteiger partial charge in [0, 0.05) is 11.5 Å². The molecule has 0 saturated carbocycles. The predicted molar refractivity (Wildman–Crippen MR) is 120 cm³/mol. The van der Waals surface area contributed by atoms with Crippen molar-refractivity contribution in [2.24, 2.45) is 0 Å². The number of ketones is 1. The number of Topliss-reactive ketones (excluding diaryl/α,β-unsaturated/α-hetero) is 1. The minimum absolute atomic E-state index is 0.0856. The molecule has 0 heterocycles. The molecular weight excluding hydrogens is 388 g/mol. The highest BCUT2D eigenvalue weighted by Crippen LogP contribution is 2.34. The third kappa shape index (κ3) is 7.36. The van der Waals surface area contributed by atoms with Crippen LogP contribution in [0.5, 0.6) is 0 Å². The van der Waals surface area contributed by atoms with Gasteiger partial charge in [-0.1, -0.05) is 60.7 Å². The van der Waals surface area contributed by atoms with Crippen LogP contribution in [0.4, 0.5) is 0 Å². The van der Waals surface area contributed by atoms with E-state index in [1.807, 2.05) is 62.4 Å². The molecule has 0 fully saturated rings. The highest BCUT2D eigenvalue weighted by atomic mass is 32.2. The second kappa shape index (κ2) is 11.3. The van der Waals surface area contributed by atoms with Crippen molar-refractivity contribution >= 4 is 35.3 Å². The number of carbonyl (C=O) groups excluding carboxylic acids is 2. The van der Waals surface area contributed by atoms with Crippen molar-refractivity contribution in [3.05, 3.63) is 71.8 Å². The highest BCUT2D eigenvalue weighted by molar-refractivity contribution is 8.02. The third-order valence-corrected chi connectivity index (χ3v) is 6.96. The number of rotatable bonds is 11. The molecule has 0 aliphatic carbocycles. The lowest BCUT2D eigenvalue weighted by Gasteiger charge is -2.27. The van der Waals surface area contributed by atoms with Crippen molar-refractivity contribution in [1.82, 2.24) is 0 Å². The van der Waals surface area contributed by atoms with E-state index in [1.54, 1.807) is 18.7 Å². The van der Waals surface area contributed by atoms with Gasteiger partial charge in [-0.15, -0.1) is 23.5 Å². The van der Waals surface area contributed by atoms with Crippen LogP contribution in [-0.4, -0.2) is 28.4 Å². The van der Waals surface area contributed by atoms with Gasteiger partial charge in [-0.3, -0.25) is 9.59 Å². The molecule has 1 unspecified atom stereocenters. The van der Waals surface area contributed by atoms with Gasteiger partial charge in [0.2, 0.25) is 0 Å². The molecule has 0 aromatic heterocycles. The average Bonchev–Trinajstić information content (AvgIpc) is 2.71. The van der Waals surface area contributed by atoms with E-state index in [4.69, 9.17) is 4.74 Å². The van der Waals surface area contributed by atoms with Gasteiger partial charge in [0.1, 0.15) is 0 Å². The number of thioether (sulfide) groups is 2. The van der Waals surface area contributed by atoms with Crippen molar-refractivity contribution < 1.29 is 14.3 Å². The second-order valence-electron chi connectivity index (χ2n) is 6.94. The van der Waals surface area contributed by atoms with Crippen LogP contribution in [0.25, 0.3) is 0 Å². The Balaban J connectivity index is 2.05. The molecule has 28 heavy (non-hydrogen) atoms. The van der Waals surface area contributed by atoms with Crippen LogP contribution >= 0.6 is 23.5 Å². The molecule has 1 atom stereocenters. The van der Waals surface area contributed by atoms with Gasteiger partial charge in [0.15, 0.2) is 5.78 Å². The summed E-state index contributed by atoms with van der Waals surface area (Å²) < 4.78 is 4.52. The largest absolute Gasteiger partial charge is 0.466 e. The van der Waals surface area contributed by atoms with Crippen molar-refractivity contribution in [1.29, 1.82) is 0 Å². The first-order valence-electron chi connectivity index (χ1n) is 9.45. The molecule has 0 aliphatic heterocycles. The van der Waals surface area contributed by atoms with Gasteiger partial charge in [0.25, 0.3) is 0 Å². The Kier molecular flexibility index (Phi) is 9.13. The fraction of sp³-hybridized carbons (Fsp3) is 0.391. The van der Waals surface area contributed by atoms with E-state index in [1.165, 1.54) is 17.3 Å². The minimum Gasteiger partial charge on any atom is -0.466 e. The first kappa shape index (κ1) is 22.6. The van der Waals surface area contributed by atoms with E-state index in [0.717, 1.165) is 11.3 Å². The molecule has 3 nitrogen and oxygen atoms in total. The summed E-state index contributed by atoms with van der Waals surface area (Å²) in [6.07, 6.45) is 0.111. The van der Waals surface area contributed by atoms with Gasteiger partial charge < -0.3 is 4.74 Å². The highest BCUT2D eigenvalue weighted by Gasteiger charge is 2.35. The molecule has 0 saturated heterocycles. The molecule has 150 valence electrons. The zero-order chi connectivity index (χ0) is 20.4. The standard InChI is InChI=1S/C23H28O3S2/c1-4-26-21(24)15-20(27-16-18-11-7-5-8-12-18)22(25)23(2,3)28-17-19-13-9-6-10-14-19/h5-14,20H,4,15-17H2,1-3H3. The van der Waals surface area contributed by atoms with Gasteiger partial charge >= 0.3 is 5.97 Å². The van der Waals surface area contributed by atoms with E-state index in [9.17, 15) is 9.59 Å². The summed E-state index contributed by atoms with van der Waals surface area (Å²) in [5.41, 5.74) is 2.33. The summed E-state index contributed by atoms with van der Waals surface area (Å²) in [5.74, 6) is 1.22. The van der Waals surface area contributed by atoms with E-state index in [2.05, 4.69) is 12.1 Å². The molecule has 5 heteroatoms. The van der Waals surface area contributed by atoms with Crippen LogP contribution in [0, 0.1) is 0 Å².